The monoisotopic (exact) mass is 441 g/mol. The van der Waals surface area contributed by atoms with Gasteiger partial charge in [0.25, 0.3) is 11.9 Å². The van der Waals surface area contributed by atoms with Crippen LogP contribution in [0, 0.1) is 6.92 Å². The van der Waals surface area contributed by atoms with Crippen molar-refractivity contribution in [1.82, 2.24) is 14.8 Å². The van der Waals surface area contributed by atoms with Crippen LogP contribution in [0.15, 0.2) is 84.9 Å². The van der Waals surface area contributed by atoms with Gasteiger partial charge in [-0.1, -0.05) is 77.8 Å². The molecule has 1 aliphatic rings. The van der Waals surface area contributed by atoms with Crippen LogP contribution in [0.1, 0.15) is 33.1 Å². The maximum atomic E-state index is 12.7. The lowest BCUT2D eigenvalue weighted by molar-refractivity contribution is 0.102. The summed E-state index contributed by atoms with van der Waals surface area (Å²) in [5.41, 5.74) is 4.44. The predicted octanol–water partition coefficient (Wildman–Crippen LogP) is 5.55. The number of nitrogens with zero attached hydrogens (tertiary/aromatic N) is 3. The lowest BCUT2D eigenvalue weighted by atomic mass is 10.0. The number of amides is 1. The van der Waals surface area contributed by atoms with Gasteiger partial charge in [0, 0.05) is 16.3 Å². The zero-order valence-electron chi connectivity index (χ0n) is 17.3. The molecule has 2 N–H and O–H groups in total. The zero-order valence-corrected chi connectivity index (χ0v) is 18.0. The fraction of sp³-hybridized carbons (Fsp3) is 0.0800. The molecule has 0 radical (unpaired) electrons. The van der Waals surface area contributed by atoms with Crippen molar-refractivity contribution in [3.63, 3.8) is 0 Å². The second kappa shape index (κ2) is 8.32. The summed E-state index contributed by atoms with van der Waals surface area (Å²) in [7, 11) is 0. The number of fused-ring (bicyclic) bond motifs is 1. The summed E-state index contributed by atoms with van der Waals surface area (Å²) in [6, 6.07) is 24.7. The van der Waals surface area contributed by atoms with Crippen molar-refractivity contribution in [2.45, 2.75) is 13.0 Å². The van der Waals surface area contributed by atoms with Crippen LogP contribution in [0.3, 0.4) is 0 Å². The number of nitrogens with one attached hydrogen (secondary N) is 2. The quantitative estimate of drug-likeness (QED) is 0.435. The molecule has 0 saturated carbocycles. The van der Waals surface area contributed by atoms with Crippen molar-refractivity contribution in [3.05, 3.63) is 112 Å². The highest BCUT2D eigenvalue weighted by Crippen LogP contribution is 2.35. The number of aromatic nitrogens is 3. The van der Waals surface area contributed by atoms with Gasteiger partial charge in [0.15, 0.2) is 0 Å². The minimum absolute atomic E-state index is 0.220. The second-order valence-electron chi connectivity index (χ2n) is 7.56. The number of hydrogen-bond acceptors (Lipinski definition) is 4. The molecule has 5 rings (SSSR count). The van der Waals surface area contributed by atoms with E-state index in [4.69, 9.17) is 11.6 Å². The van der Waals surface area contributed by atoms with E-state index in [1.54, 1.807) is 16.8 Å². The molecule has 0 saturated heterocycles. The highest BCUT2D eigenvalue weighted by molar-refractivity contribution is 6.31. The predicted molar refractivity (Wildman–Crippen MR) is 127 cm³/mol. The number of benzene rings is 3. The number of carbonyl (C=O) groups is 1. The fourth-order valence-electron chi connectivity index (χ4n) is 3.65. The Kier molecular flexibility index (Phi) is 5.21. The first-order chi connectivity index (χ1) is 15.6. The number of halogens is 1. The molecule has 7 heteroatoms. The van der Waals surface area contributed by atoms with Crippen LogP contribution in [-0.2, 0) is 0 Å². The Morgan fingerprint density at radius 2 is 1.72 bits per heavy atom. The maximum absolute atomic E-state index is 12.7. The van der Waals surface area contributed by atoms with Crippen LogP contribution in [0.2, 0.25) is 5.02 Å². The molecule has 0 bridgehead atoms. The summed E-state index contributed by atoms with van der Waals surface area (Å²) in [4.78, 5) is 17.2. The van der Waals surface area contributed by atoms with Crippen LogP contribution in [0.5, 0.6) is 0 Å². The van der Waals surface area contributed by atoms with Crippen molar-refractivity contribution < 1.29 is 4.79 Å². The molecule has 1 atom stereocenters. The van der Waals surface area contributed by atoms with E-state index in [0.717, 1.165) is 22.4 Å². The molecule has 32 heavy (non-hydrogen) atoms. The largest absolute Gasteiger partial charge is 0.324 e. The summed E-state index contributed by atoms with van der Waals surface area (Å²) in [6.07, 6.45) is 2.06. The number of hydrogen-bond donors (Lipinski definition) is 2. The molecule has 1 aliphatic heterocycles. The smallest absolute Gasteiger partial charge is 0.258 e. The van der Waals surface area contributed by atoms with Gasteiger partial charge >= 0.3 is 0 Å². The lowest BCUT2D eigenvalue weighted by Crippen LogP contribution is -2.20. The van der Waals surface area contributed by atoms with Gasteiger partial charge in [-0.2, -0.15) is 4.98 Å². The molecule has 3 aromatic carbocycles. The fourth-order valence-corrected chi connectivity index (χ4v) is 3.89. The molecule has 4 aromatic rings. The number of anilines is 2. The molecule has 0 unspecified atom stereocenters. The van der Waals surface area contributed by atoms with Crippen LogP contribution < -0.4 is 10.6 Å². The highest BCUT2D eigenvalue weighted by atomic mass is 35.5. The summed E-state index contributed by atoms with van der Waals surface area (Å²) in [6.45, 7) is 1.98. The summed E-state index contributed by atoms with van der Waals surface area (Å²) < 4.78 is 1.73. The Labute approximate surface area is 190 Å². The molecule has 0 aliphatic carbocycles. The highest BCUT2D eigenvalue weighted by Gasteiger charge is 2.27. The topological polar surface area (TPSA) is 71.8 Å². The zero-order chi connectivity index (χ0) is 22.1. The third-order valence-corrected chi connectivity index (χ3v) is 5.66. The van der Waals surface area contributed by atoms with E-state index in [1.807, 2.05) is 73.7 Å². The molecule has 1 aromatic heterocycles. The van der Waals surface area contributed by atoms with Crippen molar-refractivity contribution >= 4 is 35.1 Å². The molecular formula is C25H20ClN5O. The van der Waals surface area contributed by atoms with E-state index < -0.39 is 0 Å². The Morgan fingerprint density at radius 1 is 1.00 bits per heavy atom. The first kappa shape index (κ1) is 20.0. The van der Waals surface area contributed by atoms with Gasteiger partial charge in [-0.15, -0.1) is 5.10 Å². The van der Waals surface area contributed by atoms with E-state index >= 15 is 0 Å². The molecule has 1 amide bonds. The van der Waals surface area contributed by atoms with Crippen molar-refractivity contribution in [2.75, 3.05) is 10.6 Å². The van der Waals surface area contributed by atoms with E-state index in [0.29, 0.717) is 16.5 Å². The average Bonchev–Trinajstić information content (AvgIpc) is 3.22. The Morgan fingerprint density at radius 3 is 2.47 bits per heavy atom. The molecule has 0 fully saturated rings. The maximum Gasteiger partial charge on any atom is 0.258 e. The van der Waals surface area contributed by atoms with Crippen molar-refractivity contribution in [2.24, 2.45) is 0 Å². The Balaban J connectivity index is 1.52. The molecule has 6 nitrogen and oxygen atoms in total. The van der Waals surface area contributed by atoms with Crippen LogP contribution in [-0.4, -0.2) is 20.7 Å². The third-order valence-electron chi connectivity index (χ3n) is 5.31. The first-order valence-electron chi connectivity index (χ1n) is 10.2. The van der Waals surface area contributed by atoms with Crippen LogP contribution in [0.25, 0.3) is 5.70 Å². The van der Waals surface area contributed by atoms with E-state index in [9.17, 15) is 4.79 Å². The van der Waals surface area contributed by atoms with Gasteiger partial charge in [-0.05, 0) is 42.3 Å². The molecule has 2 heterocycles. The van der Waals surface area contributed by atoms with E-state index in [1.165, 1.54) is 0 Å². The third kappa shape index (κ3) is 3.88. The standard InChI is InChI=1S/C25H20ClN5O/c1-16-11-13-18(14-12-16)23(32)28-24-29-25-27-21(17-7-3-2-4-8-17)15-22(31(25)30-24)19-9-5-6-10-20(19)26/h2-15,22H,1H3,(H2,27,28,29,30,32)/t22-/m0/s1. The lowest BCUT2D eigenvalue weighted by Gasteiger charge is -2.24. The van der Waals surface area contributed by atoms with Gasteiger partial charge in [0.05, 0.1) is 0 Å². The van der Waals surface area contributed by atoms with Gasteiger partial charge in [0.1, 0.15) is 6.04 Å². The average molecular weight is 442 g/mol. The van der Waals surface area contributed by atoms with Gasteiger partial charge < -0.3 is 5.32 Å². The Hall–Kier alpha value is -3.90. The molecule has 158 valence electrons. The molecule has 0 spiro atoms. The summed E-state index contributed by atoms with van der Waals surface area (Å²) in [5, 5.41) is 11.3. The van der Waals surface area contributed by atoms with E-state index in [-0.39, 0.29) is 17.9 Å². The van der Waals surface area contributed by atoms with Crippen molar-refractivity contribution in [1.29, 1.82) is 0 Å². The van der Waals surface area contributed by atoms with Crippen LogP contribution in [0.4, 0.5) is 11.9 Å². The van der Waals surface area contributed by atoms with Crippen LogP contribution >= 0.6 is 11.6 Å². The van der Waals surface area contributed by atoms with Gasteiger partial charge in [0.2, 0.25) is 5.95 Å². The minimum Gasteiger partial charge on any atom is -0.324 e. The summed E-state index contributed by atoms with van der Waals surface area (Å²) in [5.74, 6) is 0.479. The van der Waals surface area contributed by atoms with E-state index in [2.05, 4.69) is 26.8 Å². The van der Waals surface area contributed by atoms with Crippen molar-refractivity contribution in [3.8, 4) is 0 Å². The SMILES string of the molecule is Cc1ccc(C(=O)Nc2nc3n(n2)[C@H](c2ccccc2Cl)C=C(c2ccccc2)N3)cc1. The number of rotatable bonds is 4. The second-order valence-corrected chi connectivity index (χ2v) is 7.97. The normalized spacial score (nSPS) is 14.8. The summed E-state index contributed by atoms with van der Waals surface area (Å²) >= 11 is 6.52. The minimum atomic E-state index is -0.285. The van der Waals surface area contributed by atoms with Gasteiger partial charge in [-0.3, -0.25) is 10.1 Å². The van der Waals surface area contributed by atoms with Gasteiger partial charge in [-0.25, -0.2) is 4.68 Å². The number of aryl methyl sites for hydroxylation is 1. The first-order valence-corrected chi connectivity index (χ1v) is 10.6. The molecular weight excluding hydrogens is 422 g/mol. The number of carbonyl (C=O) groups excluding carboxylic acids is 1. The Bertz CT molecular complexity index is 1310. The number of allylic oxidation sites excluding steroid dienone is 1.